The van der Waals surface area contributed by atoms with Crippen LogP contribution in [0.4, 0.5) is 18.9 Å². The fraction of sp³-hybridized carbons (Fsp3) is 0.200. The Morgan fingerprint density at radius 1 is 1.05 bits per heavy atom. The molecule has 2 aromatic carbocycles. The van der Waals surface area contributed by atoms with Gasteiger partial charge >= 0.3 is 6.18 Å². The van der Waals surface area contributed by atoms with Crippen molar-refractivity contribution < 1.29 is 13.2 Å². The average Bonchev–Trinajstić information content (AvgIpc) is 2.38. The van der Waals surface area contributed by atoms with E-state index in [1.165, 1.54) is 6.07 Å². The summed E-state index contributed by atoms with van der Waals surface area (Å²) in [5, 5.41) is 2.84. The zero-order valence-electron chi connectivity index (χ0n) is 10.8. The standard InChI is InChI=1S/C15H13BrF3N/c1-10-2-4-11(5-3-10)9-20-14-7-6-12(16)8-13(14)15(17,18)19/h2-8,20H,9H2,1H3. The Labute approximate surface area is 123 Å². The van der Waals surface area contributed by atoms with Gasteiger partial charge in [-0.2, -0.15) is 13.2 Å². The van der Waals surface area contributed by atoms with Crippen molar-refractivity contribution in [2.24, 2.45) is 0 Å². The van der Waals surface area contributed by atoms with Crippen LogP contribution in [0.1, 0.15) is 16.7 Å². The summed E-state index contributed by atoms with van der Waals surface area (Å²) < 4.78 is 39.2. The first-order valence-electron chi connectivity index (χ1n) is 6.02. The molecule has 0 radical (unpaired) electrons. The lowest BCUT2D eigenvalue weighted by Gasteiger charge is -2.15. The Balaban J connectivity index is 2.19. The van der Waals surface area contributed by atoms with Gasteiger partial charge in [0.05, 0.1) is 5.56 Å². The number of nitrogens with one attached hydrogen (secondary N) is 1. The van der Waals surface area contributed by atoms with E-state index in [9.17, 15) is 13.2 Å². The number of rotatable bonds is 3. The van der Waals surface area contributed by atoms with Crippen LogP contribution in [0.15, 0.2) is 46.9 Å². The smallest absolute Gasteiger partial charge is 0.380 e. The van der Waals surface area contributed by atoms with Gasteiger partial charge < -0.3 is 5.32 Å². The van der Waals surface area contributed by atoms with Crippen molar-refractivity contribution in [2.45, 2.75) is 19.6 Å². The van der Waals surface area contributed by atoms with Crippen LogP contribution in [0.2, 0.25) is 0 Å². The van der Waals surface area contributed by atoms with Crippen LogP contribution in [0.25, 0.3) is 0 Å². The van der Waals surface area contributed by atoms with E-state index < -0.39 is 11.7 Å². The minimum absolute atomic E-state index is 0.0845. The second-order valence-corrected chi connectivity index (χ2v) is 5.44. The zero-order valence-corrected chi connectivity index (χ0v) is 12.3. The maximum Gasteiger partial charge on any atom is 0.418 e. The molecular formula is C15H13BrF3N. The van der Waals surface area contributed by atoms with Gasteiger partial charge in [0, 0.05) is 16.7 Å². The summed E-state index contributed by atoms with van der Waals surface area (Å²) >= 11 is 3.06. The lowest BCUT2D eigenvalue weighted by Crippen LogP contribution is -2.10. The first kappa shape index (κ1) is 14.9. The molecule has 2 rings (SSSR count). The maximum absolute atomic E-state index is 12.9. The van der Waals surface area contributed by atoms with Crippen molar-refractivity contribution in [3.05, 3.63) is 63.6 Å². The highest BCUT2D eigenvalue weighted by Gasteiger charge is 2.33. The molecular weight excluding hydrogens is 331 g/mol. The second-order valence-electron chi connectivity index (χ2n) is 4.53. The number of hydrogen-bond acceptors (Lipinski definition) is 1. The molecule has 2 aromatic rings. The predicted octanol–water partition coefficient (Wildman–Crippen LogP) is 5.39. The first-order chi connectivity index (χ1) is 9.36. The molecule has 0 aromatic heterocycles. The molecule has 0 amide bonds. The van der Waals surface area contributed by atoms with Crippen molar-refractivity contribution in [2.75, 3.05) is 5.32 Å². The molecule has 0 atom stereocenters. The third-order valence-electron chi connectivity index (χ3n) is 2.89. The molecule has 0 bridgehead atoms. The van der Waals surface area contributed by atoms with E-state index in [-0.39, 0.29) is 5.69 Å². The summed E-state index contributed by atoms with van der Waals surface area (Å²) in [5.41, 5.74) is 1.47. The maximum atomic E-state index is 12.9. The van der Waals surface area contributed by atoms with Gasteiger partial charge in [-0.3, -0.25) is 0 Å². The van der Waals surface area contributed by atoms with Gasteiger partial charge in [0.15, 0.2) is 0 Å². The summed E-state index contributed by atoms with van der Waals surface area (Å²) in [5.74, 6) is 0. The van der Waals surface area contributed by atoms with Crippen molar-refractivity contribution >= 4 is 21.6 Å². The fourth-order valence-corrected chi connectivity index (χ4v) is 2.17. The Kier molecular flexibility index (Phi) is 4.38. The molecule has 5 heteroatoms. The zero-order chi connectivity index (χ0) is 14.8. The number of benzene rings is 2. The van der Waals surface area contributed by atoms with Gasteiger partial charge in [-0.1, -0.05) is 45.8 Å². The van der Waals surface area contributed by atoms with Crippen LogP contribution in [0.5, 0.6) is 0 Å². The van der Waals surface area contributed by atoms with E-state index in [0.29, 0.717) is 11.0 Å². The molecule has 0 saturated heterocycles. The van der Waals surface area contributed by atoms with Gasteiger partial charge in [0.1, 0.15) is 0 Å². The molecule has 20 heavy (non-hydrogen) atoms. The Morgan fingerprint density at radius 2 is 1.70 bits per heavy atom. The normalized spacial score (nSPS) is 11.4. The Morgan fingerprint density at radius 3 is 2.30 bits per heavy atom. The number of alkyl halides is 3. The second kappa shape index (κ2) is 5.87. The molecule has 0 saturated carbocycles. The van der Waals surface area contributed by atoms with Crippen molar-refractivity contribution in [1.29, 1.82) is 0 Å². The third kappa shape index (κ3) is 3.76. The van der Waals surface area contributed by atoms with Crippen LogP contribution >= 0.6 is 15.9 Å². The molecule has 0 spiro atoms. The summed E-state index contributed by atoms with van der Waals surface area (Å²) in [6.07, 6.45) is -4.38. The molecule has 106 valence electrons. The van der Waals surface area contributed by atoms with Gasteiger partial charge in [-0.05, 0) is 30.7 Å². The number of halogens is 4. The average molecular weight is 344 g/mol. The van der Waals surface area contributed by atoms with E-state index in [0.717, 1.165) is 17.2 Å². The Bertz CT molecular complexity index is 591. The van der Waals surface area contributed by atoms with E-state index in [4.69, 9.17) is 0 Å². The van der Waals surface area contributed by atoms with Gasteiger partial charge in [0.25, 0.3) is 0 Å². The van der Waals surface area contributed by atoms with Gasteiger partial charge in [0.2, 0.25) is 0 Å². The summed E-state index contributed by atoms with van der Waals surface area (Å²) in [4.78, 5) is 0. The highest BCUT2D eigenvalue weighted by atomic mass is 79.9. The van der Waals surface area contributed by atoms with E-state index >= 15 is 0 Å². The fourth-order valence-electron chi connectivity index (χ4n) is 1.81. The third-order valence-corrected chi connectivity index (χ3v) is 3.38. The SMILES string of the molecule is Cc1ccc(CNc2ccc(Br)cc2C(F)(F)F)cc1. The highest BCUT2D eigenvalue weighted by molar-refractivity contribution is 9.10. The number of hydrogen-bond donors (Lipinski definition) is 1. The molecule has 0 heterocycles. The highest BCUT2D eigenvalue weighted by Crippen LogP contribution is 2.36. The molecule has 0 aliphatic carbocycles. The van der Waals surface area contributed by atoms with E-state index in [2.05, 4.69) is 21.2 Å². The molecule has 0 aliphatic rings. The lowest BCUT2D eigenvalue weighted by atomic mass is 10.1. The number of aryl methyl sites for hydroxylation is 1. The molecule has 0 aliphatic heterocycles. The predicted molar refractivity (Wildman–Crippen MR) is 77.6 cm³/mol. The quantitative estimate of drug-likeness (QED) is 0.787. The van der Waals surface area contributed by atoms with Crippen LogP contribution in [-0.4, -0.2) is 0 Å². The van der Waals surface area contributed by atoms with Crippen LogP contribution < -0.4 is 5.32 Å². The first-order valence-corrected chi connectivity index (χ1v) is 6.82. The van der Waals surface area contributed by atoms with Crippen molar-refractivity contribution in [1.82, 2.24) is 0 Å². The van der Waals surface area contributed by atoms with Crippen LogP contribution in [0.3, 0.4) is 0 Å². The monoisotopic (exact) mass is 343 g/mol. The summed E-state index contributed by atoms with van der Waals surface area (Å²) in [7, 11) is 0. The molecule has 1 nitrogen and oxygen atoms in total. The van der Waals surface area contributed by atoms with Crippen LogP contribution in [0, 0.1) is 6.92 Å². The van der Waals surface area contributed by atoms with Crippen molar-refractivity contribution in [3.63, 3.8) is 0 Å². The summed E-state index contributed by atoms with van der Waals surface area (Å²) in [6.45, 7) is 2.32. The van der Waals surface area contributed by atoms with Crippen molar-refractivity contribution in [3.8, 4) is 0 Å². The molecule has 0 unspecified atom stereocenters. The van der Waals surface area contributed by atoms with Gasteiger partial charge in [-0.15, -0.1) is 0 Å². The van der Waals surface area contributed by atoms with Crippen LogP contribution in [-0.2, 0) is 12.7 Å². The summed E-state index contributed by atoms with van der Waals surface area (Å²) in [6, 6.07) is 11.8. The molecule has 0 fully saturated rings. The topological polar surface area (TPSA) is 12.0 Å². The largest absolute Gasteiger partial charge is 0.418 e. The minimum Gasteiger partial charge on any atom is -0.380 e. The van der Waals surface area contributed by atoms with E-state index in [1.54, 1.807) is 6.07 Å². The minimum atomic E-state index is -4.38. The van der Waals surface area contributed by atoms with E-state index in [1.807, 2.05) is 31.2 Å². The Hall–Kier alpha value is -1.49. The van der Waals surface area contributed by atoms with Gasteiger partial charge in [-0.25, -0.2) is 0 Å². The molecule has 1 N–H and O–H groups in total. The number of anilines is 1. The lowest BCUT2D eigenvalue weighted by molar-refractivity contribution is -0.137.